The second-order valence-corrected chi connectivity index (χ2v) is 8.10. The zero-order valence-electron chi connectivity index (χ0n) is 20.4. The Morgan fingerprint density at radius 2 is 1.75 bits per heavy atom. The van der Waals surface area contributed by atoms with Crippen LogP contribution in [0.15, 0.2) is 52.9 Å². The molecule has 0 saturated carbocycles. The van der Waals surface area contributed by atoms with Crippen LogP contribution in [0.3, 0.4) is 0 Å². The molecule has 1 N–H and O–H groups in total. The summed E-state index contributed by atoms with van der Waals surface area (Å²) in [5.74, 6) is 2.16. The van der Waals surface area contributed by atoms with Gasteiger partial charge >= 0.3 is 5.97 Å². The Balaban J connectivity index is 1.62. The van der Waals surface area contributed by atoms with Crippen LogP contribution in [0.4, 0.5) is 11.6 Å². The minimum Gasteiger partial charge on any atom is -0.497 e. The lowest BCUT2D eigenvalue weighted by molar-refractivity contribution is 0.0526. The van der Waals surface area contributed by atoms with Gasteiger partial charge in [-0.3, -0.25) is 0 Å². The van der Waals surface area contributed by atoms with Gasteiger partial charge in [0.15, 0.2) is 11.5 Å². The third kappa shape index (κ3) is 4.28. The molecule has 2 aromatic carbocycles. The molecule has 5 rings (SSSR count). The normalized spacial score (nSPS) is 11.1. The lowest BCUT2D eigenvalue weighted by Crippen LogP contribution is -2.09. The summed E-state index contributed by atoms with van der Waals surface area (Å²) in [6.07, 6.45) is 0. The topological polar surface area (TPSA) is 113 Å². The molecule has 0 atom stereocenters. The minimum absolute atomic E-state index is 0.106. The molecule has 0 saturated heterocycles. The number of nitrogens with one attached hydrogen (secondary N) is 1. The molecule has 0 spiro atoms. The number of aryl methyl sites for hydroxylation is 2. The molecular formula is C26H25N5O5. The van der Waals surface area contributed by atoms with Crippen LogP contribution in [0.1, 0.15) is 34.4 Å². The van der Waals surface area contributed by atoms with Gasteiger partial charge in [0.25, 0.3) is 0 Å². The largest absolute Gasteiger partial charge is 0.497 e. The summed E-state index contributed by atoms with van der Waals surface area (Å²) >= 11 is 0. The van der Waals surface area contributed by atoms with Crippen LogP contribution in [0.25, 0.3) is 16.7 Å². The van der Waals surface area contributed by atoms with Gasteiger partial charge in [-0.1, -0.05) is 17.7 Å². The van der Waals surface area contributed by atoms with Crippen molar-refractivity contribution in [2.75, 3.05) is 19.0 Å². The molecule has 3 heterocycles. The molecule has 0 fully saturated rings. The predicted molar refractivity (Wildman–Crippen MR) is 133 cm³/mol. The molecule has 0 amide bonds. The average molecular weight is 488 g/mol. The fraction of sp³-hybridized carbons (Fsp3) is 0.231. The van der Waals surface area contributed by atoms with Crippen molar-refractivity contribution in [3.8, 4) is 11.5 Å². The number of nitrogens with zero attached hydrogens (tertiary/aromatic N) is 4. The molecule has 0 bridgehead atoms. The first kappa shape index (κ1) is 23.2. The Morgan fingerprint density at radius 1 is 1.03 bits per heavy atom. The number of benzene rings is 2. The van der Waals surface area contributed by atoms with Gasteiger partial charge in [0.2, 0.25) is 11.7 Å². The van der Waals surface area contributed by atoms with Crippen LogP contribution in [-0.4, -0.2) is 39.3 Å². The summed E-state index contributed by atoms with van der Waals surface area (Å²) < 4.78 is 24.0. The first-order chi connectivity index (χ1) is 17.5. The second-order valence-electron chi connectivity index (χ2n) is 8.10. The van der Waals surface area contributed by atoms with Gasteiger partial charge in [-0.05, 0) is 57.2 Å². The highest BCUT2D eigenvalue weighted by Gasteiger charge is 2.27. The molecule has 0 unspecified atom stereocenters. The van der Waals surface area contributed by atoms with Crippen LogP contribution in [-0.2, 0) is 11.3 Å². The van der Waals surface area contributed by atoms with E-state index in [4.69, 9.17) is 18.6 Å². The maximum Gasteiger partial charge on any atom is 0.342 e. The summed E-state index contributed by atoms with van der Waals surface area (Å²) in [7, 11) is 1.61. The Kier molecular flexibility index (Phi) is 6.16. The fourth-order valence-corrected chi connectivity index (χ4v) is 3.88. The summed E-state index contributed by atoms with van der Waals surface area (Å²) in [6.45, 7) is 5.80. The van der Waals surface area contributed by atoms with Gasteiger partial charge in [-0.25, -0.2) is 9.20 Å². The van der Waals surface area contributed by atoms with Crippen molar-refractivity contribution in [3.05, 3.63) is 71.2 Å². The molecule has 0 radical (unpaired) electrons. The number of anilines is 2. The number of hydrogen-bond donors (Lipinski definition) is 1. The summed E-state index contributed by atoms with van der Waals surface area (Å²) in [5, 5.41) is 12.5. The highest BCUT2D eigenvalue weighted by Crippen LogP contribution is 2.32. The molecule has 36 heavy (non-hydrogen) atoms. The van der Waals surface area contributed by atoms with Crippen LogP contribution < -0.4 is 14.8 Å². The number of ether oxygens (including phenoxy) is 3. The minimum atomic E-state index is -0.504. The number of aromatic nitrogens is 4. The molecule has 10 heteroatoms. The van der Waals surface area contributed by atoms with Crippen molar-refractivity contribution < 1.29 is 23.4 Å². The van der Waals surface area contributed by atoms with Crippen LogP contribution in [0.2, 0.25) is 0 Å². The van der Waals surface area contributed by atoms with E-state index in [0.717, 1.165) is 17.0 Å². The van der Waals surface area contributed by atoms with Gasteiger partial charge < -0.3 is 23.9 Å². The van der Waals surface area contributed by atoms with Gasteiger partial charge in [0, 0.05) is 5.69 Å². The van der Waals surface area contributed by atoms with E-state index < -0.39 is 5.97 Å². The van der Waals surface area contributed by atoms with Gasteiger partial charge in [0.05, 0.1) is 13.7 Å². The molecule has 10 nitrogen and oxygen atoms in total. The second kappa shape index (κ2) is 9.57. The molecule has 0 aliphatic heterocycles. The van der Waals surface area contributed by atoms with E-state index in [-0.39, 0.29) is 24.5 Å². The van der Waals surface area contributed by atoms with E-state index in [0.29, 0.717) is 34.3 Å². The lowest BCUT2D eigenvalue weighted by atomic mass is 10.2. The van der Waals surface area contributed by atoms with Crippen molar-refractivity contribution in [1.29, 1.82) is 0 Å². The summed E-state index contributed by atoms with van der Waals surface area (Å²) in [4.78, 5) is 17.4. The quantitative estimate of drug-likeness (QED) is 0.302. The highest BCUT2D eigenvalue weighted by molar-refractivity contribution is 6.09. The summed E-state index contributed by atoms with van der Waals surface area (Å²) in [6, 6.07) is 15.1. The molecule has 5 aromatic rings. The van der Waals surface area contributed by atoms with Gasteiger partial charge in [-0.15, -0.1) is 10.2 Å². The first-order valence-electron chi connectivity index (χ1n) is 11.4. The Morgan fingerprint density at radius 3 is 2.44 bits per heavy atom. The van der Waals surface area contributed by atoms with Gasteiger partial charge in [-0.2, -0.15) is 4.98 Å². The van der Waals surface area contributed by atoms with Crippen LogP contribution in [0.5, 0.6) is 11.5 Å². The number of carbonyl (C=O) groups is 1. The van der Waals surface area contributed by atoms with E-state index >= 15 is 0 Å². The number of hydrogen-bond acceptors (Lipinski definition) is 9. The molecular weight excluding hydrogens is 462 g/mol. The zero-order valence-corrected chi connectivity index (χ0v) is 20.4. The number of fused-ring (bicyclic) bond motifs is 3. The van der Waals surface area contributed by atoms with Crippen molar-refractivity contribution in [2.45, 2.75) is 27.4 Å². The Bertz CT molecular complexity index is 1540. The predicted octanol–water partition coefficient (Wildman–Crippen LogP) is 5.00. The Hall–Kier alpha value is -4.60. The van der Waals surface area contributed by atoms with Crippen molar-refractivity contribution >= 4 is 34.4 Å². The van der Waals surface area contributed by atoms with E-state index in [2.05, 4.69) is 20.5 Å². The van der Waals surface area contributed by atoms with Crippen molar-refractivity contribution in [1.82, 2.24) is 19.6 Å². The molecule has 3 aromatic heterocycles. The first-order valence-corrected chi connectivity index (χ1v) is 11.4. The van der Waals surface area contributed by atoms with E-state index in [1.54, 1.807) is 25.4 Å². The Labute approximate surface area is 206 Å². The summed E-state index contributed by atoms with van der Waals surface area (Å²) in [5.41, 5.74) is 2.89. The maximum absolute atomic E-state index is 12.7. The number of esters is 1. The standard InChI is InChI=1S/C26H25N5O5/c1-5-34-25(32)21-16(3)36-24-22(21)23-30-29-20(14-35-19-12-10-18(33-4)11-13-19)31(23)26(28-24)27-17-8-6-15(2)7-9-17/h6-13H,5,14H2,1-4H3,(H,27,28). The number of methoxy groups -OCH3 is 1. The fourth-order valence-electron chi connectivity index (χ4n) is 3.88. The SMILES string of the molecule is CCOC(=O)c1c(C)oc2nc(Nc3ccc(C)cc3)n3c(COc4ccc(OC)cc4)nnc3c12. The molecule has 0 aliphatic carbocycles. The third-order valence-corrected chi connectivity index (χ3v) is 5.65. The molecule has 0 aliphatic rings. The monoisotopic (exact) mass is 487 g/mol. The smallest absolute Gasteiger partial charge is 0.342 e. The van der Waals surface area contributed by atoms with E-state index in [1.807, 2.05) is 55.5 Å². The highest BCUT2D eigenvalue weighted by atomic mass is 16.5. The number of rotatable bonds is 8. The average Bonchev–Trinajstić information content (AvgIpc) is 3.45. The third-order valence-electron chi connectivity index (χ3n) is 5.65. The zero-order chi connectivity index (χ0) is 25.2. The van der Waals surface area contributed by atoms with Crippen LogP contribution in [0, 0.1) is 13.8 Å². The molecule has 184 valence electrons. The van der Waals surface area contributed by atoms with Gasteiger partial charge in [0.1, 0.15) is 34.8 Å². The lowest BCUT2D eigenvalue weighted by Gasteiger charge is -2.11. The number of carbonyl (C=O) groups excluding carboxylic acids is 1. The van der Waals surface area contributed by atoms with Crippen LogP contribution >= 0.6 is 0 Å². The van der Waals surface area contributed by atoms with Crippen molar-refractivity contribution in [3.63, 3.8) is 0 Å². The number of furan rings is 1. The van der Waals surface area contributed by atoms with E-state index in [1.165, 1.54) is 0 Å². The van der Waals surface area contributed by atoms with Crippen molar-refractivity contribution in [2.24, 2.45) is 0 Å². The maximum atomic E-state index is 12.7. The van der Waals surface area contributed by atoms with E-state index in [9.17, 15) is 4.79 Å².